The van der Waals surface area contributed by atoms with Crippen molar-refractivity contribution in [3.8, 4) is 11.5 Å². The number of nitro benzene ring substituents is 1. The van der Waals surface area contributed by atoms with Crippen LogP contribution < -0.4 is 14.4 Å². The number of aliphatic hydroxyl groups is 1. The minimum atomic E-state index is -1.14. The lowest BCUT2D eigenvalue weighted by Crippen LogP contribution is -2.29. The molecule has 10 nitrogen and oxygen atoms in total. The first-order chi connectivity index (χ1) is 19.2. The molecule has 0 aliphatic carbocycles. The Labute approximate surface area is 232 Å². The number of amides is 1. The summed E-state index contributed by atoms with van der Waals surface area (Å²) in [4.78, 5) is 43.9. The minimum absolute atomic E-state index is 0.0230. The highest BCUT2D eigenvalue weighted by Crippen LogP contribution is 2.45. The number of benzene rings is 3. The largest absolute Gasteiger partial charge is 0.507 e. The second-order valence-electron chi connectivity index (χ2n) is 9.54. The fraction of sp³-hybridized carbons (Fsp3) is 0.207. The van der Waals surface area contributed by atoms with Crippen molar-refractivity contribution in [3.05, 3.63) is 93.0 Å². The van der Waals surface area contributed by atoms with E-state index in [4.69, 9.17) is 9.47 Å². The third-order valence-corrected chi connectivity index (χ3v) is 7.89. The summed E-state index contributed by atoms with van der Waals surface area (Å²) < 4.78 is 12.1. The summed E-state index contributed by atoms with van der Waals surface area (Å²) in [5.74, 6) is -0.842. The first-order valence-corrected chi connectivity index (χ1v) is 13.5. The van der Waals surface area contributed by atoms with Crippen molar-refractivity contribution >= 4 is 49.8 Å². The van der Waals surface area contributed by atoms with Gasteiger partial charge in [0.25, 0.3) is 11.5 Å². The maximum atomic E-state index is 13.6. The number of nitro groups is 1. The number of ether oxygens (including phenoxy) is 2. The summed E-state index contributed by atoms with van der Waals surface area (Å²) in [5.41, 5.74) is 1.71. The quantitative estimate of drug-likeness (QED) is 0.107. The standard InChI is InChI=1S/C29H23N3O7S/c1-3-38-20-8-9-21-23(14-20)40-29(30-21)31-25(16-5-4-6-19(13-16)32(36)37)24(27(34)28(31)35)26(33)17-7-10-22-18(12-17)11-15(2)39-22/h4-10,12-15,25,33H,3,11H2,1-2H3. The fourth-order valence-electron chi connectivity index (χ4n) is 5.13. The Kier molecular flexibility index (Phi) is 6.22. The van der Waals surface area contributed by atoms with E-state index in [2.05, 4.69) is 4.98 Å². The zero-order valence-corrected chi connectivity index (χ0v) is 22.3. The van der Waals surface area contributed by atoms with Crippen LogP contribution in [-0.2, 0) is 16.0 Å². The van der Waals surface area contributed by atoms with Gasteiger partial charge < -0.3 is 14.6 Å². The molecule has 0 saturated carbocycles. The lowest BCUT2D eigenvalue weighted by atomic mass is 9.94. The van der Waals surface area contributed by atoms with Crippen LogP contribution in [0.2, 0.25) is 0 Å². The number of thiazole rings is 1. The Morgan fingerprint density at radius 3 is 2.80 bits per heavy atom. The van der Waals surface area contributed by atoms with E-state index in [0.717, 1.165) is 10.3 Å². The highest BCUT2D eigenvalue weighted by atomic mass is 32.1. The summed E-state index contributed by atoms with van der Waals surface area (Å²) in [6.07, 6.45) is 0.610. The molecule has 6 rings (SSSR count). The number of aromatic nitrogens is 1. The molecule has 2 aliphatic heterocycles. The number of Topliss-reactive ketones (excluding diaryl/α,β-unsaturated/α-hetero) is 1. The second kappa shape index (κ2) is 9.76. The predicted octanol–water partition coefficient (Wildman–Crippen LogP) is 5.55. The zero-order valence-electron chi connectivity index (χ0n) is 21.5. The summed E-state index contributed by atoms with van der Waals surface area (Å²) >= 11 is 1.18. The minimum Gasteiger partial charge on any atom is -0.507 e. The molecule has 4 aromatic rings. The number of carbonyl (C=O) groups is 2. The molecular formula is C29H23N3O7S. The van der Waals surface area contributed by atoms with E-state index in [1.807, 2.05) is 13.8 Å². The average molecular weight is 558 g/mol. The van der Waals surface area contributed by atoms with Crippen molar-refractivity contribution in [2.24, 2.45) is 0 Å². The molecule has 1 N–H and O–H groups in total. The van der Waals surface area contributed by atoms with Gasteiger partial charge in [0.2, 0.25) is 0 Å². The average Bonchev–Trinajstić information content (AvgIpc) is 3.60. The third-order valence-electron chi connectivity index (χ3n) is 6.88. The number of nitrogens with zero attached hydrogens (tertiary/aromatic N) is 3. The van der Waals surface area contributed by atoms with E-state index < -0.39 is 22.7 Å². The number of hydrogen-bond donors (Lipinski definition) is 1. The maximum Gasteiger partial charge on any atom is 0.301 e. The monoisotopic (exact) mass is 557 g/mol. The maximum absolute atomic E-state index is 13.6. The zero-order chi connectivity index (χ0) is 28.1. The highest BCUT2D eigenvalue weighted by Gasteiger charge is 2.48. The van der Waals surface area contributed by atoms with Crippen LogP contribution in [0.1, 0.15) is 36.6 Å². The topological polar surface area (TPSA) is 132 Å². The summed E-state index contributed by atoms with van der Waals surface area (Å²) in [7, 11) is 0. The number of non-ortho nitro benzene ring substituents is 1. The molecule has 40 heavy (non-hydrogen) atoms. The van der Waals surface area contributed by atoms with Gasteiger partial charge in [0.1, 0.15) is 23.4 Å². The summed E-state index contributed by atoms with van der Waals surface area (Å²) in [5, 5.41) is 23.3. The van der Waals surface area contributed by atoms with Crippen LogP contribution in [0.3, 0.4) is 0 Å². The molecule has 0 spiro atoms. The molecule has 3 heterocycles. The molecule has 1 saturated heterocycles. The van der Waals surface area contributed by atoms with Crippen LogP contribution in [-0.4, -0.2) is 39.4 Å². The number of hydrogen-bond acceptors (Lipinski definition) is 9. The number of anilines is 1. The third kappa shape index (κ3) is 4.24. The van der Waals surface area contributed by atoms with Crippen LogP contribution in [0.15, 0.2) is 66.2 Å². The first kappa shape index (κ1) is 25.5. The molecule has 1 fully saturated rings. The lowest BCUT2D eigenvalue weighted by molar-refractivity contribution is -0.384. The van der Waals surface area contributed by atoms with Crippen molar-refractivity contribution in [1.82, 2.24) is 4.98 Å². The molecule has 202 valence electrons. The van der Waals surface area contributed by atoms with E-state index in [1.165, 1.54) is 34.4 Å². The molecule has 0 bridgehead atoms. The Bertz CT molecular complexity index is 1740. The van der Waals surface area contributed by atoms with Crippen molar-refractivity contribution in [3.63, 3.8) is 0 Å². The van der Waals surface area contributed by atoms with Gasteiger partial charge in [-0.15, -0.1) is 0 Å². The van der Waals surface area contributed by atoms with Crippen LogP contribution in [0.4, 0.5) is 10.8 Å². The van der Waals surface area contributed by atoms with E-state index in [-0.39, 0.29) is 28.3 Å². The van der Waals surface area contributed by atoms with E-state index in [1.54, 1.807) is 42.5 Å². The Hall–Kier alpha value is -4.77. The molecule has 2 atom stereocenters. The van der Waals surface area contributed by atoms with Gasteiger partial charge in [-0.3, -0.25) is 24.6 Å². The summed E-state index contributed by atoms with van der Waals surface area (Å²) in [6, 6.07) is 14.9. The van der Waals surface area contributed by atoms with Gasteiger partial charge >= 0.3 is 5.91 Å². The number of rotatable bonds is 6. The Morgan fingerprint density at radius 1 is 1.20 bits per heavy atom. The molecule has 2 aliphatic rings. The van der Waals surface area contributed by atoms with Crippen LogP contribution in [0, 0.1) is 10.1 Å². The normalized spacial score (nSPS) is 19.6. The first-order valence-electron chi connectivity index (χ1n) is 12.6. The van der Waals surface area contributed by atoms with Gasteiger partial charge in [0.15, 0.2) is 5.13 Å². The fourth-order valence-corrected chi connectivity index (χ4v) is 6.15. The van der Waals surface area contributed by atoms with Crippen molar-refractivity contribution in [1.29, 1.82) is 0 Å². The lowest BCUT2D eigenvalue weighted by Gasteiger charge is -2.22. The van der Waals surface area contributed by atoms with E-state index >= 15 is 0 Å². The predicted molar refractivity (Wildman–Crippen MR) is 149 cm³/mol. The number of aliphatic hydroxyl groups excluding tert-OH is 1. The van der Waals surface area contributed by atoms with Crippen molar-refractivity contribution in [2.75, 3.05) is 11.5 Å². The van der Waals surface area contributed by atoms with Crippen molar-refractivity contribution < 1.29 is 29.1 Å². The van der Waals surface area contributed by atoms with E-state index in [9.17, 15) is 24.8 Å². The van der Waals surface area contributed by atoms with Gasteiger partial charge in [0.05, 0.1) is 33.4 Å². The van der Waals surface area contributed by atoms with Crippen LogP contribution in [0.25, 0.3) is 16.0 Å². The second-order valence-corrected chi connectivity index (χ2v) is 10.5. The molecule has 11 heteroatoms. The Morgan fingerprint density at radius 2 is 2.02 bits per heavy atom. The van der Waals surface area contributed by atoms with Gasteiger partial charge in [0, 0.05) is 24.1 Å². The van der Waals surface area contributed by atoms with Crippen LogP contribution in [0.5, 0.6) is 11.5 Å². The smallest absolute Gasteiger partial charge is 0.301 e. The molecular weight excluding hydrogens is 534 g/mol. The molecule has 2 unspecified atom stereocenters. The van der Waals surface area contributed by atoms with Gasteiger partial charge in [-0.1, -0.05) is 23.5 Å². The molecule has 0 radical (unpaired) electrons. The van der Waals surface area contributed by atoms with Gasteiger partial charge in [-0.2, -0.15) is 0 Å². The number of ketones is 1. The molecule has 3 aromatic carbocycles. The van der Waals surface area contributed by atoms with Gasteiger partial charge in [-0.25, -0.2) is 4.98 Å². The van der Waals surface area contributed by atoms with Gasteiger partial charge in [-0.05, 0) is 61.4 Å². The van der Waals surface area contributed by atoms with Crippen molar-refractivity contribution in [2.45, 2.75) is 32.4 Å². The SMILES string of the molecule is CCOc1ccc2nc(N3C(=O)C(=O)C(=C(O)c4ccc5c(c4)CC(C)O5)C3c3cccc([N+](=O)[O-])c3)sc2c1. The highest BCUT2D eigenvalue weighted by molar-refractivity contribution is 7.22. The number of carbonyl (C=O) groups excluding carboxylic acids is 2. The number of fused-ring (bicyclic) bond motifs is 2. The molecule has 1 amide bonds. The summed E-state index contributed by atoms with van der Waals surface area (Å²) in [6.45, 7) is 4.28. The van der Waals surface area contributed by atoms with E-state index in [0.29, 0.717) is 41.2 Å². The molecule has 1 aromatic heterocycles. The van der Waals surface area contributed by atoms with Crippen LogP contribution >= 0.6 is 11.3 Å². The Balaban J connectivity index is 1.53.